The van der Waals surface area contributed by atoms with Crippen LogP contribution in [0.3, 0.4) is 0 Å². The number of halogens is 3. The normalized spacial score (nSPS) is 21.3. The Kier molecular flexibility index (Phi) is 7.09. The first-order valence-corrected chi connectivity index (χ1v) is 15.3. The maximum Gasteiger partial charge on any atom is 0.417 e. The zero-order valence-electron chi connectivity index (χ0n) is 22.5. The Morgan fingerprint density at radius 3 is 2.37 bits per heavy atom. The molecule has 2 aromatic heterocycles. The van der Waals surface area contributed by atoms with Gasteiger partial charge >= 0.3 is 6.18 Å². The van der Waals surface area contributed by atoms with E-state index in [1.807, 2.05) is 16.7 Å². The maximum atomic E-state index is 13.8. The van der Waals surface area contributed by atoms with Crippen molar-refractivity contribution in [1.29, 1.82) is 0 Å². The average molecular weight is 588 g/mol. The lowest BCUT2D eigenvalue weighted by atomic mass is 9.77. The third kappa shape index (κ3) is 5.23. The summed E-state index contributed by atoms with van der Waals surface area (Å²) in [4.78, 5) is 21.1. The fraction of sp³-hybridized carbons (Fsp3) is 0.448. The number of aromatic nitrogens is 2. The molecule has 0 radical (unpaired) electrons. The molecule has 3 aliphatic rings. The van der Waals surface area contributed by atoms with E-state index in [4.69, 9.17) is 0 Å². The molecular weight excluding hydrogens is 555 g/mol. The van der Waals surface area contributed by atoms with Gasteiger partial charge in [0.15, 0.2) is 0 Å². The number of alkyl halides is 3. The first-order chi connectivity index (χ1) is 19.6. The summed E-state index contributed by atoms with van der Waals surface area (Å²) in [6.45, 7) is 3.27. The van der Waals surface area contributed by atoms with E-state index in [2.05, 4.69) is 9.88 Å². The number of sulfonamides is 1. The van der Waals surface area contributed by atoms with Crippen molar-refractivity contribution in [2.75, 3.05) is 37.6 Å². The van der Waals surface area contributed by atoms with Gasteiger partial charge in [0.1, 0.15) is 0 Å². The summed E-state index contributed by atoms with van der Waals surface area (Å²) in [6, 6.07) is 10.9. The number of rotatable bonds is 5. The zero-order valence-corrected chi connectivity index (χ0v) is 23.3. The highest BCUT2D eigenvalue weighted by molar-refractivity contribution is 7.89. The van der Waals surface area contributed by atoms with Crippen LogP contribution in [0.15, 0.2) is 72.0 Å². The lowest BCUT2D eigenvalue weighted by Gasteiger charge is -2.41. The number of pyridine rings is 1. The summed E-state index contributed by atoms with van der Waals surface area (Å²) in [5.74, 6) is -0.187. The van der Waals surface area contributed by atoms with Crippen molar-refractivity contribution in [1.82, 2.24) is 18.8 Å². The van der Waals surface area contributed by atoms with Crippen LogP contribution in [0, 0.1) is 5.41 Å². The third-order valence-electron chi connectivity index (χ3n) is 8.91. The van der Waals surface area contributed by atoms with E-state index in [0.717, 1.165) is 54.5 Å². The van der Waals surface area contributed by atoms with Gasteiger partial charge in [-0.1, -0.05) is 12.1 Å². The van der Waals surface area contributed by atoms with Gasteiger partial charge in [-0.3, -0.25) is 9.78 Å². The van der Waals surface area contributed by atoms with Crippen LogP contribution in [0.1, 0.15) is 43.0 Å². The molecule has 2 saturated heterocycles. The molecule has 0 aliphatic carbocycles. The highest BCUT2D eigenvalue weighted by Gasteiger charge is 2.45. The summed E-state index contributed by atoms with van der Waals surface area (Å²) >= 11 is 0. The summed E-state index contributed by atoms with van der Waals surface area (Å²) in [5.41, 5.74) is 0.666. The minimum Gasteiger partial charge on any atom is -0.371 e. The van der Waals surface area contributed by atoms with Crippen LogP contribution in [0.5, 0.6) is 0 Å². The van der Waals surface area contributed by atoms with Gasteiger partial charge < -0.3 is 14.4 Å². The largest absolute Gasteiger partial charge is 0.417 e. The van der Waals surface area contributed by atoms with Crippen LogP contribution < -0.4 is 4.90 Å². The Labute approximate surface area is 237 Å². The first-order valence-electron chi connectivity index (χ1n) is 13.8. The summed E-state index contributed by atoms with van der Waals surface area (Å²) < 4.78 is 71.8. The maximum absolute atomic E-state index is 13.8. The van der Waals surface area contributed by atoms with Crippen molar-refractivity contribution in [2.24, 2.45) is 5.41 Å². The smallest absolute Gasteiger partial charge is 0.371 e. The van der Waals surface area contributed by atoms with Crippen LogP contribution in [-0.4, -0.2) is 65.8 Å². The van der Waals surface area contributed by atoms with Crippen LogP contribution in [0.2, 0.25) is 0 Å². The number of benzene rings is 1. The van der Waals surface area contributed by atoms with Crippen molar-refractivity contribution < 1.29 is 26.4 Å². The van der Waals surface area contributed by atoms with Gasteiger partial charge in [-0.25, -0.2) is 8.42 Å². The summed E-state index contributed by atoms with van der Waals surface area (Å²) in [5, 5.41) is 0. The molecule has 5 heterocycles. The first kappa shape index (κ1) is 27.8. The number of piperidine rings is 1. The molecule has 1 spiro atoms. The Morgan fingerprint density at radius 2 is 1.63 bits per heavy atom. The molecule has 0 N–H and O–H groups in total. The fourth-order valence-corrected chi connectivity index (χ4v) is 8.44. The lowest BCUT2D eigenvalue weighted by molar-refractivity contribution is -0.140. The second kappa shape index (κ2) is 10.5. The van der Waals surface area contributed by atoms with E-state index in [1.165, 1.54) is 12.1 Å². The predicted octanol–water partition coefficient (Wildman–Crippen LogP) is 4.56. The molecule has 2 fully saturated rings. The number of likely N-dealkylation sites (tertiary alicyclic amines) is 1. The highest BCUT2D eigenvalue weighted by atomic mass is 32.2. The van der Waals surface area contributed by atoms with Gasteiger partial charge in [0.2, 0.25) is 15.9 Å². The molecule has 0 saturated carbocycles. The van der Waals surface area contributed by atoms with Gasteiger partial charge in [-0.05, 0) is 61.1 Å². The van der Waals surface area contributed by atoms with Crippen LogP contribution in [0.4, 0.5) is 18.9 Å². The number of amides is 1. The van der Waals surface area contributed by atoms with Crippen molar-refractivity contribution in [3.05, 3.63) is 78.4 Å². The predicted molar refractivity (Wildman–Crippen MR) is 146 cm³/mol. The molecular formula is C29H32F3N5O3S. The fourth-order valence-electron chi connectivity index (χ4n) is 6.63. The SMILES string of the molecule is O=C(CC1c2cccn2CCN1S(=O)(=O)c1ccccc1C(F)(F)F)N1CCC2(CC1)CCN(c1ccncc1)C2. The quantitative estimate of drug-likeness (QED) is 0.438. The minimum atomic E-state index is -4.83. The number of hydrogen-bond acceptors (Lipinski definition) is 5. The van der Waals surface area contributed by atoms with Gasteiger partial charge in [0.05, 0.1) is 16.5 Å². The standard InChI is InChI=1S/C29H32F3N5O3S/c30-29(31,32)23-4-1-2-6-26(23)41(39,40)37-19-18-34-14-3-5-24(34)25(37)20-27(38)35-15-9-28(10-16-35)11-17-36(21-28)22-7-12-33-13-8-22/h1-8,12-14,25H,9-11,15-21H2. The van der Waals surface area contributed by atoms with E-state index in [-0.39, 0.29) is 24.3 Å². The summed E-state index contributed by atoms with van der Waals surface area (Å²) in [6.07, 6.45) is 3.15. The monoisotopic (exact) mass is 587 g/mol. The van der Waals surface area contributed by atoms with Crippen molar-refractivity contribution >= 4 is 21.6 Å². The number of nitrogens with zero attached hydrogens (tertiary/aromatic N) is 5. The topological polar surface area (TPSA) is 78.8 Å². The molecule has 3 aliphatic heterocycles. The number of carbonyl (C=O) groups excluding carboxylic acids is 1. The molecule has 3 aromatic rings. The number of anilines is 1. The third-order valence-corrected chi connectivity index (χ3v) is 10.9. The number of carbonyl (C=O) groups is 1. The Balaban J connectivity index is 1.19. The van der Waals surface area contributed by atoms with Crippen molar-refractivity contribution in [3.63, 3.8) is 0 Å². The Hall–Kier alpha value is -3.38. The molecule has 0 bridgehead atoms. The molecule has 1 atom stereocenters. The molecule has 8 nitrogen and oxygen atoms in total. The van der Waals surface area contributed by atoms with Crippen LogP contribution >= 0.6 is 0 Å². The van der Waals surface area contributed by atoms with E-state index < -0.39 is 32.7 Å². The Bertz CT molecular complexity index is 1520. The van der Waals surface area contributed by atoms with E-state index >= 15 is 0 Å². The second-order valence-electron chi connectivity index (χ2n) is 11.2. The number of fused-ring (bicyclic) bond motifs is 1. The van der Waals surface area contributed by atoms with Gasteiger partial charge in [0, 0.05) is 75.7 Å². The molecule has 12 heteroatoms. The van der Waals surface area contributed by atoms with Crippen molar-refractivity contribution in [2.45, 2.75) is 49.3 Å². The molecule has 1 unspecified atom stereocenters. The highest BCUT2D eigenvalue weighted by Crippen LogP contribution is 2.43. The number of hydrogen-bond donors (Lipinski definition) is 0. The molecule has 6 rings (SSSR count). The van der Waals surface area contributed by atoms with Crippen molar-refractivity contribution in [3.8, 4) is 0 Å². The minimum absolute atomic E-state index is 0.0257. The van der Waals surface area contributed by atoms with Crippen LogP contribution in [-0.2, 0) is 27.5 Å². The molecule has 1 amide bonds. The molecule has 41 heavy (non-hydrogen) atoms. The zero-order chi connectivity index (χ0) is 28.8. The second-order valence-corrected chi connectivity index (χ2v) is 13.1. The van der Waals surface area contributed by atoms with Crippen LogP contribution in [0.25, 0.3) is 0 Å². The summed E-state index contributed by atoms with van der Waals surface area (Å²) in [7, 11) is -4.55. The molecule has 218 valence electrons. The van der Waals surface area contributed by atoms with E-state index in [0.29, 0.717) is 25.3 Å². The lowest BCUT2D eigenvalue weighted by Crippen LogP contribution is -2.47. The molecule has 1 aromatic carbocycles. The van der Waals surface area contributed by atoms with E-state index in [1.54, 1.807) is 35.6 Å². The van der Waals surface area contributed by atoms with E-state index in [9.17, 15) is 26.4 Å². The average Bonchev–Trinajstić information content (AvgIpc) is 3.61. The van der Waals surface area contributed by atoms with Gasteiger partial charge in [-0.15, -0.1) is 0 Å². The Morgan fingerprint density at radius 1 is 0.927 bits per heavy atom. The van der Waals surface area contributed by atoms with Gasteiger partial charge in [0.25, 0.3) is 0 Å². The van der Waals surface area contributed by atoms with Gasteiger partial charge in [-0.2, -0.15) is 17.5 Å².